The van der Waals surface area contributed by atoms with Gasteiger partial charge in [-0.25, -0.2) is 4.79 Å². The van der Waals surface area contributed by atoms with Crippen LogP contribution >= 0.6 is 0 Å². The van der Waals surface area contributed by atoms with Crippen LogP contribution in [-0.4, -0.2) is 49.4 Å². The molecule has 2 aliphatic heterocycles. The second-order valence-corrected chi connectivity index (χ2v) is 6.89. The van der Waals surface area contributed by atoms with Gasteiger partial charge < -0.3 is 27.3 Å². The normalized spacial score (nSPS) is 30.8. The van der Waals surface area contributed by atoms with E-state index < -0.39 is 36.5 Å². The minimum Gasteiger partial charge on any atom is -0.449 e. The van der Waals surface area contributed by atoms with Crippen molar-refractivity contribution in [3.05, 3.63) is 0 Å². The minimum atomic E-state index is -5.00. The highest BCUT2D eigenvalue weighted by atomic mass is 19.4. The summed E-state index contributed by atoms with van der Waals surface area (Å²) in [6.45, 7) is 0.341. The zero-order chi connectivity index (χ0) is 15.8. The fraction of sp³-hybridized carbons (Fsp3) is 0.923. The fourth-order valence-electron chi connectivity index (χ4n) is 3.06. The van der Waals surface area contributed by atoms with Crippen molar-refractivity contribution in [1.82, 2.24) is 4.90 Å². The predicted molar refractivity (Wildman–Crippen MR) is 73.1 cm³/mol. The number of hydrogen-bond acceptors (Lipinski definition) is 3. The quantitative estimate of drug-likeness (QED) is 0.735. The predicted octanol–water partition coefficient (Wildman–Crippen LogP) is 3.25. The number of carbonyl (C=O) groups excluding carboxylic acids is 1. The second kappa shape index (κ2) is 5.70. The molecule has 0 N–H and O–H groups in total. The summed E-state index contributed by atoms with van der Waals surface area (Å²) in [5.41, 5.74) is -0.710. The van der Waals surface area contributed by atoms with Gasteiger partial charge in [0, 0.05) is 19.7 Å². The van der Waals surface area contributed by atoms with Crippen LogP contribution in [0.15, 0.2) is 0 Å². The second-order valence-electron chi connectivity index (χ2n) is 6.89. The van der Waals surface area contributed by atoms with Crippen LogP contribution in [0.4, 0.5) is 17.7 Å². The van der Waals surface area contributed by atoms with Crippen molar-refractivity contribution in [2.24, 2.45) is 5.92 Å². The molecule has 0 aromatic heterocycles. The van der Waals surface area contributed by atoms with Crippen molar-refractivity contribution < 1.29 is 27.2 Å². The molecule has 0 aliphatic carbocycles. The van der Waals surface area contributed by atoms with Gasteiger partial charge in [-0.1, -0.05) is 0 Å². The Balaban J connectivity index is 2.08. The van der Waals surface area contributed by atoms with E-state index in [1.807, 2.05) is 0 Å². The maximum absolute atomic E-state index is 13.3. The maximum atomic E-state index is 13.3. The standard InChI is InChI=1S/C13H22BF3NO3/c1-13(2,3)21-12(19)18-7-9(11-5-4-6-20-11)10(8-18)14(15,16)17/h9-11H,4-8H2,1-3H3/q-1. The number of halogens is 3. The Morgan fingerprint density at radius 1 is 1.29 bits per heavy atom. The molecular formula is C13H22BF3NO3-. The molecule has 2 rings (SSSR count). The Morgan fingerprint density at radius 3 is 2.43 bits per heavy atom. The molecule has 21 heavy (non-hydrogen) atoms. The lowest BCUT2D eigenvalue weighted by atomic mass is 9.65. The summed E-state index contributed by atoms with van der Waals surface area (Å²) in [4.78, 5) is 13.2. The van der Waals surface area contributed by atoms with Gasteiger partial charge in [-0.05, 0) is 45.3 Å². The lowest BCUT2D eigenvalue weighted by Gasteiger charge is -2.30. The van der Waals surface area contributed by atoms with Crippen LogP contribution in [-0.2, 0) is 9.47 Å². The van der Waals surface area contributed by atoms with Gasteiger partial charge in [0.2, 0.25) is 0 Å². The van der Waals surface area contributed by atoms with Crippen molar-refractivity contribution in [3.8, 4) is 0 Å². The van der Waals surface area contributed by atoms with Gasteiger partial charge in [-0.3, -0.25) is 0 Å². The zero-order valence-corrected chi connectivity index (χ0v) is 12.7. The topological polar surface area (TPSA) is 38.8 Å². The van der Waals surface area contributed by atoms with E-state index in [0.29, 0.717) is 13.0 Å². The molecule has 2 saturated heterocycles. The molecule has 0 saturated carbocycles. The first-order valence-electron chi connectivity index (χ1n) is 7.37. The van der Waals surface area contributed by atoms with Crippen molar-refractivity contribution >= 4 is 13.1 Å². The first-order valence-corrected chi connectivity index (χ1v) is 7.37. The summed E-state index contributed by atoms with van der Waals surface area (Å²) in [7, 11) is 0. The highest BCUT2D eigenvalue weighted by Gasteiger charge is 2.50. The third-order valence-electron chi connectivity index (χ3n) is 3.99. The van der Waals surface area contributed by atoms with Crippen LogP contribution in [0, 0.1) is 5.92 Å². The van der Waals surface area contributed by atoms with Crippen molar-refractivity contribution in [2.45, 2.75) is 51.1 Å². The van der Waals surface area contributed by atoms with Gasteiger partial charge in [0.1, 0.15) is 5.60 Å². The summed E-state index contributed by atoms with van der Waals surface area (Å²) < 4.78 is 50.4. The molecule has 3 atom stereocenters. The van der Waals surface area contributed by atoms with E-state index in [4.69, 9.17) is 9.47 Å². The summed E-state index contributed by atoms with van der Waals surface area (Å²) in [6, 6.07) is 0. The van der Waals surface area contributed by atoms with Gasteiger partial charge >= 0.3 is 13.1 Å². The zero-order valence-electron chi connectivity index (χ0n) is 12.7. The number of amides is 1. The van der Waals surface area contributed by atoms with Gasteiger partial charge in [-0.15, -0.1) is 0 Å². The van der Waals surface area contributed by atoms with E-state index in [1.54, 1.807) is 20.8 Å². The van der Waals surface area contributed by atoms with Crippen LogP contribution in [0.1, 0.15) is 33.6 Å². The average molecular weight is 308 g/mol. The van der Waals surface area contributed by atoms with Crippen LogP contribution < -0.4 is 0 Å². The van der Waals surface area contributed by atoms with Crippen LogP contribution in [0.3, 0.4) is 0 Å². The minimum absolute atomic E-state index is 0.0610. The van der Waals surface area contributed by atoms with Gasteiger partial charge in [-0.2, -0.15) is 0 Å². The molecule has 8 heteroatoms. The highest BCUT2D eigenvalue weighted by Crippen LogP contribution is 2.44. The number of ether oxygens (including phenoxy) is 2. The number of nitrogens with zero attached hydrogens (tertiary/aromatic N) is 1. The van der Waals surface area contributed by atoms with E-state index in [0.717, 1.165) is 6.42 Å². The van der Waals surface area contributed by atoms with E-state index in [-0.39, 0.29) is 13.1 Å². The molecule has 2 aliphatic rings. The molecule has 2 heterocycles. The van der Waals surface area contributed by atoms with Gasteiger partial charge in [0.15, 0.2) is 0 Å². The Labute approximate surface area is 123 Å². The molecule has 0 radical (unpaired) electrons. The Morgan fingerprint density at radius 2 is 1.95 bits per heavy atom. The summed E-state index contributed by atoms with van der Waals surface area (Å²) in [5, 5.41) is 0. The lowest BCUT2D eigenvalue weighted by molar-refractivity contribution is 0.0251. The van der Waals surface area contributed by atoms with Crippen molar-refractivity contribution in [2.75, 3.05) is 19.7 Å². The van der Waals surface area contributed by atoms with Gasteiger partial charge in [0.05, 0.1) is 6.10 Å². The third kappa shape index (κ3) is 4.05. The SMILES string of the molecule is CC(C)(C)OC(=O)N1CC(C2CCCO2)C([B-](F)(F)F)C1. The molecule has 4 nitrogen and oxygen atoms in total. The molecule has 3 unspecified atom stereocenters. The number of carbonyl (C=O) groups is 1. The van der Waals surface area contributed by atoms with Gasteiger partial charge in [0.25, 0.3) is 0 Å². The van der Waals surface area contributed by atoms with E-state index in [2.05, 4.69) is 0 Å². The van der Waals surface area contributed by atoms with Crippen molar-refractivity contribution in [3.63, 3.8) is 0 Å². The van der Waals surface area contributed by atoms with Crippen molar-refractivity contribution in [1.29, 1.82) is 0 Å². The monoisotopic (exact) mass is 308 g/mol. The molecule has 0 aromatic carbocycles. The molecule has 122 valence electrons. The third-order valence-corrected chi connectivity index (χ3v) is 3.99. The molecule has 1 amide bonds. The number of rotatable bonds is 2. The van der Waals surface area contributed by atoms with E-state index in [1.165, 1.54) is 4.90 Å². The summed E-state index contributed by atoms with van der Waals surface area (Å²) in [6.07, 6.45) is 0.347. The largest absolute Gasteiger partial charge is 0.483 e. The molecule has 0 bridgehead atoms. The smallest absolute Gasteiger partial charge is 0.449 e. The number of hydrogen-bond donors (Lipinski definition) is 0. The lowest BCUT2D eigenvalue weighted by Crippen LogP contribution is -2.36. The Hall–Kier alpha value is -0.915. The fourth-order valence-corrected chi connectivity index (χ4v) is 3.06. The molecular weight excluding hydrogens is 286 g/mol. The van der Waals surface area contributed by atoms with Crippen LogP contribution in [0.25, 0.3) is 0 Å². The average Bonchev–Trinajstić information content (AvgIpc) is 2.94. The molecule has 2 fully saturated rings. The van der Waals surface area contributed by atoms with Crippen LogP contribution in [0.2, 0.25) is 5.82 Å². The molecule has 0 aromatic rings. The van der Waals surface area contributed by atoms with E-state index in [9.17, 15) is 17.7 Å². The van der Waals surface area contributed by atoms with E-state index >= 15 is 0 Å². The number of likely N-dealkylation sites (tertiary alicyclic amines) is 1. The van der Waals surface area contributed by atoms with Crippen LogP contribution in [0.5, 0.6) is 0 Å². The Bertz CT molecular complexity index is 391. The summed E-state index contributed by atoms with van der Waals surface area (Å²) in [5.74, 6) is -2.14. The maximum Gasteiger partial charge on any atom is 0.483 e. The molecule has 0 spiro atoms. The first-order chi connectivity index (χ1) is 9.58. The first kappa shape index (κ1) is 16.5. The Kier molecular flexibility index (Phi) is 4.47. The summed E-state index contributed by atoms with van der Waals surface area (Å²) >= 11 is 0. The highest BCUT2D eigenvalue weighted by molar-refractivity contribution is 6.60.